The first-order valence-corrected chi connectivity index (χ1v) is 30.9. The van der Waals surface area contributed by atoms with Crippen molar-refractivity contribution >= 4 is 13.8 Å². The molecule has 0 aliphatic rings. The molecule has 1 N–H and O–H groups in total. The molecule has 0 saturated heterocycles. The van der Waals surface area contributed by atoms with Gasteiger partial charge < -0.3 is 18.9 Å². The Morgan fingerprint density at radius 1 is 0.449 bits per heavy atom. The van der Waals surface area contributed by atoms with Gasteiger partial charge >= 0.3 is 13.8 Å². The summed E-state index contributed by atoms with van der Waals surface area (Å²) in [7, 11) is 1.67. The number of hydrogen-bond donors (Lipinski definition) is 1. The standard InChI is InChI=1S/C60H114NO7P/c1-6-8-10-12-14-16-18-20-22-24-26-28-29-30-31-32-34-36-38-40-42-44-46-48-50-52-55-65-57-59(58-67-69(63,64)66-56-54-61(3,4)5)68-60(62)53-51-49-47-45-43-41-39-37-35-33-27-25-23-21-19-17-15-13-11-9-7-2/h18,20,24-27,29-30,59H,6-17,19,21-23,28,31-58H2,1-5H3/p+1/b20-18-,26-24-,27-25-,30-29-. The van der Waals surface area contributed by atoms with E-state index in [-0.39, 0.29) is 25.8 Å². The fourth-order valence-electron chi connectivity index (χ4n) is 8.32. The third-order valence-corrected chi connectivity index (χ3v) is 13.8. The van der Waals surface area contributed by atoms with Crippen LogP contribution in [0.1, 0.15) is 271 Å². The molecular formula is C60H115NO7P+. The molecule has 2 atom stereocenters. The molecule has 0 aromatic rings. The van der Waals surface area contributed by atoms with Crippen molar-refractivity contribution in [3.63, 3.8) is 0 Å². The number of rotatable bonds is 55. The van der Waals surface area contributed by atoms with Crippen LogP contribution in [-0.4, -0.2) is 75.6 Å². The minimum absolute atomic E-state index is 0.0874. The van der Waals surface area contributed by atoms with E-state index in [1.807, 2.05) is 21.1 Å². The van der Waals surface area contributed by atoms with Crippen LogP contribution in [0.2, 0.25) is 0 Å². The lowest BCUT2D eigenvalue weighted by Crippen LogP contribution is -2.37. The summed E-state index contributed by atoms with van der Waals surface area (Å²) in [4.78, 5) is 23.1. The minimum Gasteiger partial charge on any atom is -0.457 e. The van der Waals surface area contributed by atoms with E-state index >= 15 is 0 Å². The summed E-state index contributed by atoms with van der Waals surface area (Å²) in [6, 6.07) is 0. The van der Waals surface area contributed by atoms with E-state index < -0.39 is 13.9 Å². The molecule has 69 heavy (non-hydrogen) atoms. The molecular weight excluding hydrogens is 878 g/mol. The predicted molar refractivity (Wildman–Crippen MR) is 298 cm³/mol. The van der Waals surface area contributed by atoms with Gasteiger partial charge in [0.25, 0.3) is 0 Å². The Labute approximate surface area is 428 Å². The molecule has 0 radical (unpaired) electrons. The van der Waals surface area contributed by atoms with Crippen molar-refractivity contribution in [2.24, 2.45) is 0 Å². The Hall–Kier alpha value is -1.54. The average molecular weight is 994 g/mol. The Morgan fingerprint density at radius 2 is 0.797 bits per heavy atom. The lowest BCUT2D eigenvalue weighted by Gasteiger charge is -2.24. The SMILES string of the molecule is CCCCCCC/C=C\C/C=C\C/C=C\CCCCCCCCCCCCCOCC(COP(=O)(O)OCC[N+](C)(C)C)OC(=O)CCCCCCCCCCC/C=C\CCCCCCCCCC. The van der Waals surface area contributed by atoms with E-state index in [9.17, 15) is 14.3 Å². The van der Waals surface area contributed by atoms with E-state index in [4.69, 9.17) is 18.5 Å². The summed E-state index contributed by atoms with van der Waals surface area (Å²) in [5.41, 5.74) is 0. The van der Waals surface area contributed by atoms with Gasteiger partial charge in [0.05, 0.1) is 34.4 Å². The zero-order valence-corrected chi connectivity index (χ0v) is 47.2. The second kappa shape index (κ2) is 52.8. The molecule has 8 nitrogen and oxygen atoms in total. The third kappa shape index (κ3) is 57.2. The average Bonchev–Trinajstić information content (AvgIpc) is 3.31. The van der Waals surface area contributed by atoms with E-state index in [0.29, 0.717) is 24.1 Å². The highest BCUT2D eigenvalue weighted by molar-refractivity contribution is 7.47. The van der Waals surface area contributed by atoms with Gasteiger partial charge in [0.15, 0.2) is 0 Å². The lowest BCUT2D eigenvalue weighted by atomic mass is 10.1. The van der Waals surface area contributed by atoms with Crippen molar-refractivity contribution in [3.05, 3.63) is 48.6 Å². The highest BCUT2D eigenvalue weighted by Crippen LogP contribution is 2.43. The molecule has 0 fully saturated rings. The van der Waals surface area contributed by atoms with Gasteiger partial charge in [0.2, 0.25) is 0 Å². The van der Waals surface area contributed by atoms with Crippen LogP contribution in [-0.2, 0) is 27.9 Å². The second-order valence-electron chi connectivity index (χ2n) is 21.0. The smallest absolute Gasteiger partial charge is 0.457 e. The number of unbranched alkanes of at least 4 members (excludes halogenated alkanes) is 33. The Bertz CT molecular complexity index is 1240. The molecule has 0 heterocycles. The van der Waals surface area contributed by atoms with Crippen LogP contribution in [0.15, 0.2) is 48.6 Å². The lowest BCUT2D eigenvalue weighted by molar-refractivity contribution is -0.870. The fraction of sp³-hybridized carbons (Fsp3) is 0.850. The van der Waals surface area contributed by atoms with Crippen molar-refractivity contribution < 1.29 is 37.3 Å². The molecule has 0 amide bonds. The van der Waals surface area contributed by atoms with Gasteiger partial charge in [0, 0.05) is 13.0 Å². The molecule has 9 heteroatoms. The van der Waals surface area contributed by atoms with Gasteiger partial charge in [-0.2, -0.15) is 0 Å². The second-order valence-corrected chi connectivity index (χ2v) is 22.5. The normalized spacial score (nSPS) is 13.8. The highest BCUT2D eigenvalue weighted by atomic mass is 31.2. The predicted octanol–water partition coefficient (Wildman–Crippen LogP) is 18.6. The van der Waals surface area contributed by atoms with Gasteiger partial charge in [-0.05, 0) is 77.0 Å². The number of phosphoric ester groups is 1. The molecule has 0 bridgehead atoms. The summed E-state index contributed by atoms with van der Waals surface area (Å²) in [6.45, 7) is 5.64. The number of esters is 1. The van der Waals surface area contributed by atoms with Crippen LogP contribution < -0.4 is 0 Å². The van der Waals surface area contributed by atoms with Crippen LogP contribution in [0.5, 0.6) is 0 Å². The summed E-state index contributed by atoms with van der Waals surface area (Å²) in [6.07, 6.45) is 67.4. The summed E-state index contributed by atoms with van der Waals surface area (Å²) < 4.78 is 35.3. The van der Waals surface area contributed by atoms with Gasteiger partial charge in [-0.1, -0.05) is 236 Å². The number of likely N-dealkylation sites (N-methyl/N-ethyl adjacent to an activating group) is 1. The maximum absolute atomic E-state index is 12.8. The van der Waals surface area contributed by atoms with Crippen LogP contribution in [0.4, 0.5) is 0 Å². The molecule has 0 aliphatic carbocycles. The summed E-state index contributed by atoms with van der Waals surface area (Å²) in [5.74, 6) is -0.314. The monoisotopic (exact) mass is 993 g/mol. The fourth-order valence-corrected chi connectivity index (χ4v) is 9.06. The Kier molecular flexibility index (Phi) is 51.6. The molecule has 0 aliphatic heterocycles. The van der Waals surface area contributed by atoms with E-state index in [2.05, 4.69) is 62.5 Å². The van der Waals surface area contributed by atoms with Crippen molar-refractivity contribution in [2.75, 3.05) is 54.1 Å². The third-order valence-electron chi connectivity index (χ3n) is 12.9. The van der Waals surface area contributed by atoms with Crippen molar-refractivity contribution in [1.29, 1.82) is 0 Å². The molecule has 2 unspecified atom stereocenters. The first kappa shape index (κ1) is 67.5. The number of phosphoric acid groups is 1. The molecule has 0 spiro atoms. The van der Waals surface area contributed by atoms with Crippen molar-refractivity contribution in [3.8, 4) is 0 Å². The maximum Gasteiger partial charge on any atom is 0.472 e. The summed E-state index contributed by atoms with van der Waals surface area (Å²) >= 11 is 0. The van der Waals surface area contributed by atoms with Crippen LogP contribution in [0.3, 0.4) is 0 Å². The number of carbonyl (C=O) groups excluding carboxylic acids is 1. The van der Waals surface area contributed by atoms with Gasteiger partial charge in [-0.25, -0.2) is 4.57 Å². The number of carbonyl (C=O) groups is 1. The van der Waals surface area contributed by atoms with Gasteiger partial charge in [0.1, 0.15) is 19.3 Å². The summed E-state index contributed by atoms with van der Waals surface area (Å²) in [5, 5.41) is 0. The van der Waals surface area contributed by atoms with Crippen molar-refractivity contribution in [2.45, 2.75) is 277 Å². The van der Waals surface area contributed by atoms with E-state index in [1.54, 1.807) is 0 Å². The Morgan fingerprint density at radius 3 is 1.20 bits per heavy atom. The topological polar surface area (TPSA) is 91.3 Å². The maximum atomic E-state index is 12.8. The number of quaternary nitrogens is 1. The molecule has 0 rings (SSSR count). The molecule has 0 saturated carbocycles. The molecule has 0 aromatic carbocycles. The van der Waals surface area contributed by atoms with Gasteiger partial charge in [-0.15, -0.1) is 0 Å². The van der Waals surface area contributed by atoms with Crippen LogP contribution in [0.25, 0.3) is 0 Å². The number of allylic oxidation sites excluding steroid dienone is 8. The zero-order chi connectivity index (χ0) is 50.5. The zero-order valence-electron chi connectivity index (χ0n) is 46.3. The molecule has 0 aromatic heterocycles. The van der Waals surface area contributed by atoms with Crippen LogP contribution >= 0.6 is 7.82 Å². The van der Waals surface area contributed by atoms with E-state index in [0.717, 1.165) is 44.9 Å². The largest absolute Gasteiger partial charge is 0.472 e. The van der Waals surface area contributed by atoms with E-state index in [1.165, 1.54) is 205 Å². The van der Waals surface area contributed by atoms with Crippen LogP contribution in [0, 0.1) is 0 Å². The highest BCUT2D eigenvalue weighted by Gasteiger charge is 2.26. The first-order chi connectivity index (χ1) is 33.6. The van der Waals surface area contributed by atoms with Gasteiger partial charge in [-0.3, -0.25) is 13.8 Å². The number of hydrogen-bond acceptors (Lipinski definition) is 6. The first-order valence-electron chi connectivity index (χ1n) is 29.4. The minimum atomic E-state index is -4.29. The Balaban J connectivity index is 4.07. The quantitative estimate of drug-likeness (QED) is 0.0213. The molecule has 406 valence electrons. The number of nitrogens with zero attached hydrogens (tertiary/aromatic N) is 1. The van der Waals surface area contributed by atoms with Crippen molar-refractivity contribution in [1.82, 2.24) is 0 Å². The number of ether oxygens (including phenoxy) is 2.